The highest BCUT2D eigenvalue weighted by atomic mass is 16.5. The third-order valence-electron chi connectivity index (χ3n) is 3.92. The number of rotatable bonds is 4. The van der Waals surface area contributed by atoms with E-state index in [2.05, 4.69) is 0 Å². The summed E-state index contributed by atoms with van der Waals surface area (Å²) >= 11 is 0. The number of methoxy groups -OCH3 is 1. The van der Waals surface area contributed by atoms with E-state index in [0.717, 1.165) is 5.56 Å². The fourth-order valence-electron chi connectivity index (χ4n) is 2.68. The van der Waals surface area contributed by atoms with E-state index in [1.54, 1.807) is 24.3 Å². The Morgan fingerprint density at radius 3 is 2.50 bits per heavy atom. The number of fused-ring (bicyclic) bond motifs is 1. The molecule has 5 nitrogen and oxygen atoms in total. The second-order valence-electron chi connectivity index (χ2n) is 5.38. The summed E-state index contributed by atoms with van der Waals surface area (Å²) in [6.45, 7) is 0. The predicted octanol–water partition coefficient (Wildman–Crippen LogP) is 3.19. The van der Waals surface area contributed by atoms with Crippen LogP contribution in [-0.2, 0) is 9.53 Å². The maximum atomic E-state index is 12.4. The van der Waals surface area contributed by atoms with Gasteiger partial charge in [-0.2, -0.15) is 0 Å². The predicted molar refractivity (Wildman–Crippen MR) is 89.1 cm³/mol. The van der Waals surface area contributed by atoms with Crippen LogP contribution in [0.25, 0.3) is 11.0 Å². The molecule has 0 spiro atoms. The Balaban J connectivity index is 2.21. The quantitative estimate of drug-likeness (QED) is 0.746. The molecule has 0 aliphatic rings. The molecule has 3 rings (SSSR count). The first kappa shape index (κ1) is 15.8. The van der Waals surface area contributed by atoms with Crippen molar-refractivity contribution in [3.63, 3.8) is 0 Å². The number of esters is 1. The molecule has 0 fully saturated rings. The summed E-state index contributed by atoms with van der Waals surface area (Å²) in [5.41, 5.74) is 0.593. The molecule has 1 aromatic heterocycles. The molecular weight excluding hydrogens is 308 g/mol. The Morgan fingerprint density at radius 1 is 1.12 bits per heavy atom. The Morgan fingerprint density at radius 2 is 1.79 bits per heavy atom. The van der Waals surface area contributed by atoms with Crippen LogP contribution in [-0.4, -0.2) is 18.2 Å². The highest BCUT2D eigenvalue weighted by Gasteiger charge is 2.26. The van der Waals surface area contributed by atoms with Crippen molar-refractivity contribution < 1.29 is 19.1 Å². The summed E-state index contributed by atoms with van der Waals surface area (Å²) in [6, 6.07) is 15.8. The number of hydrogen-bond acceptors (Lipinski definition) is 5. The van der Waals surface area contributed by atoms with Gasteiger partial charge in [-0.3, -0.25) is 9.59 Å². The van der Waals surface area contributed by atoms with Crippen molar-refractivity contribution in [3.05, 3.63) is 76.1 Å². The zero-order chi connectivity index (χ0) is 17.1. The van der Waals surface area contributed by atoms with Crippen molar-refractivity contribution in [2.75, 3.05) is 7.11 Å². The van der Waals surface area contributed by atoms with E-state index in [-0.39, 0.29) is 12.2 Å². The number of carbonyl (C=O) groups excluding carboxylic acids is 1. The number of carbonyl (C=O) groups is 1. The molecule has 0 saturated heterocycles. The van der Waals surface area contributed by atoms with Crippen LogP contribution in [0.15, 0.2) is 63.8 Å². The number of aromatic hydroxyl groups is 1. The van der Waals surface area contributed by atoms with E-state index < -0.39 is 23.1 Å². The summed E-state index contributed by atoms with van der Waals surface area (Å²) in [6.07, 6.45) is -0.0463. The van der Waals surface area contributed by atoms with Crippen LogP contribution in [0.4, 0.5) is 0 Å². The molecule has 0 saturated carbocycles. The van der Waals surface area contributed by atoms with Crippen molar-refractivity contribution in [1.29, 1.82) is 0 Å². The third kappa shape index (κ3) is 2.88. The van der Waals surface area contributed by atoms with E-state index >= 15 is 0 Å². The number of ether oxygens (including phenoxy) is 1. The van der Waals surface area contributed by atoms with Gasteiger partial charge >= 0.3 is 5.97 Å². The smallest absolute Gasteiger partial charge is 0.306 e. The minimum atomic E-state index is -0.615. The maximum absolute atomic E-state index is 12.4. The lowest BCUT2D eigenvalue weighted by atomic mass is 9.92. The van der Waals surface area contributed by atoms with E-state index in [0.29, 0.717) is 11.0 Å². The van der Waals surface area contributed by atoms with E-state index in [1.807, 2.05) is 30.3 Å². The minimum Gasteiger partial charge on any atom is -0.502 e. The van der Waals surface area contributed by atoms with E-state index in [4.69, 9.17) is 9.15 Å². The second kappa shape index (κ2) is 6.58. The van der Waals surface area contributed by atoms with Gasteiger partial charge < -0.3 is 14.3 Å². The van der Waals surface area contributed by atoms with Gasteiger partial charge in [0, 0.05) is 0 Å². The lowest BCUT2D eigenvalue weighted by molar-refractivity contribution is -0.140. The molecule has 24 heavy (non-hydrogen) atoms. The molecule has 0 aliphatic heterocycles. The van der Waals surface area contributed by atoms with Crippen LogP contribution in [0.3, 0.4) is 0 Å². The van der Waals surface area contributed by atoms with Crippen molar-refractivity contribution in [2.45, 2.75) is 12.3 Å². The summed E-state index contributed by atoms with van der Waals surface area (Å²) in [7, 11) is 1.29. The zero-order valence-corrected chi connectivity index (χ0v) is 13.1. The molecule has 2 aromatic carbocycles. The normalized spacial score (nSPS) is 12.0. The summed E-state index contributed by atoms with van der Waals surface area (Å²) in [4.78, 5) is 24.2. The summed E-state index contributed by atoms with van der Waals surface area (Å²) in [5.74, 6) is -1.49. The number of para-hydroxylation sites is 1. The molecule has 0 aliphatic carbocycles. The highest BCUT2D eigenvalue weighted by molar-refractivity contribution is 5.78. The van der Waals surface area contributed by atoms with E-state index in [1.165, 1.54) is 7.11 Å². The molecule has 3 aromatic rings. The third-order valence-corrected chi connectivity index (χ3v) is 3.92. The molecule has 1 heterocycles. The Hall–Kier alpha value is -3.08. The maximum Gasteiger partial charge on any atom is 0.306 e. The summed E-state index contributed by atoms with van der Waals surface area (Å²) < 4.78 is 10.5. The molecule has 1 N–H and O–H groups in total. The van der Waals surface area contributed by atoms with Crippen LogP contribution < -0.4 is 5.43 Å². The highest BCUT2D eigenvalue weighted by Crippen LogP contribution is 2.34. The topological polar surface area (TPSA) is 76.7 Å². The van der Waals surface area contributed by atoms with Crippen molar-refractivity contribution in [3.8, 4) is 5.75 Å². The van der Waals surface area contributed by atoms with Gasteiger partial charge in [0.1, 0.15) is 5.58 Å². The van der Waals surface area contributed by atoms with Gasteiger partial charge in [0.15, 0.2) is 5.76 Å². The second-order valence-corrected chi connectivity index (χ2v) is 5.38. The molecule has 5 heteroatoms. The first-order valence-electron chi connectivity index (χ1n) is 7.48. The molecule has 0 amide bonds. The first-order valence-corrected chi connectivity index (χ1v) is 7.48. The average molecular weight is 324 g/mol. The SMILES string of the molecule is COC(=O)C[C@H](c1ccccc1)c1oc2ccccc2c(=O)c1O. The van der Waals surface area contributed by atoms with Gasteiger partial charge in [-0.05, 0) is 17.7 Å². The van der Waals surface area contributed by atoms with Gasteiger partial charge in [0.25, 0.3) is 0 Å². The van der Waals surface area contributed by atoms with Crippen LogP contribution in [0, 0.1) is 0 Å². The number of benzene rings is 2. The monoisotopic (exact) mass is 324 g/mol. The zero-order valence-electron chi connectivity index (χ0n) is 13.1. The molecular formula is C19H16O5. The van der Waals surface area contributed by atoms with Crippen LogP contribution in [0.5, 0.6) is 5.75 Å². The summed E-state index contributed by atoms with van der Waals surface area (Å²) in [5, 5.41) is 10.6. The van der Waals surface area contributed by atoms with Crippen LogP contribution in [0.2, 0.25) is 0 Å². The van der Waals surface area contributed by atoms with Gasteiger partial charge in [0.2, 0.25) is 11.2 Å². The van der Waals surface area contributed by atoms with E-state index in [9.17, 15) is 14.7 Å². The van der Waals surface area contributed by atoms with Crippen molar-refractivity contribution >= 4 is 16.9 Å². The standard InChI is InChI=1S/C19H16O5/c1-23-16(20)11-14(12-7-3-2-4-8-12)19-18(22)17(21)13-9-5-6-10-15(13)24-19/h2-10,14,22H,11H2,1H3/t14-/m1/s1. The average Bonchev–Trinajstić information content (AvgIpc) is 2.63. The lowest BCUT2D eigenvalue weighted by Gasteiger charge is -2.17. The largest absolute Gasteiger partial charge is 0.502 e. The first-order chi connectivity index (χ1) is 11.6. The van der Waals surface area contributed by atoms with Gasteiger partial charge in [-0.25, -0.2) is 0 Å². The molecule has 122 valence electrons. The van der Waals surface area contributed by atoms with Crippen LogP contribution >= 0.6 is 0 Å². The molecule has 0 unspecified atom stereocenters. The lowest BCUT2D eigenvalue weighted by Crippen LogP contribution is -2.13. The molecule has 1 atom stereocenters. The van der Waals surface area contributed by atoms with Crippen molar-refractivity contribution in [2.24, 2.45) is 0 Å². The van der Waals surface area contributed by atoms with Crippen LogP contribution in [0.1, 0.15) is 23.7 Å². The fraction of sp³-hybridized carbons (Fsp3) is 0.158. The van der Waals surface area contributed by atoms with Crippen molar-refractivity contribution in [1.82, 2.24) is 0 Å². The Kier molecular flexibility index (Phi) is 4.33. The molecule has 0 bridgehead atoms. The minimum absolute atomic E-state index is 0.0463. The van der Waals surface area contributed by atoms with Gasteiger partial charge in [0.05, 0.1) is 24.8 Å². The number of hydrogen-bond donors (Lipinski definition) is 1. The fourth-order valence-corrected chi connectivity index (χ4v) is 2.68. The Bertz CT molecular complexity index is 927. The van der Waals surface area contributed by atoms with Gasteiger partial charge in [-0.15, -0.1) is 0 Å². The Labute approximate surface area is 138 Å². The van der Waals surface area contributed by atoms with Gasteiger partial charge in [-0.1, -0.05) is 42.5 Å². The molecule has 0 radical (unpaired) electrons.